The van der Waals surface area contributed by atoms with Crippen molar-refractivity contribution in [2.45, 2.75) is 13.0 Å². The highest BCUT2D eigenvalue weighted by atomic mass is 16.5. The first-order chi connectivity index (χ1) is 10.1. The highest BCUT2D eigenvalue weighted by molar-refractivity contribution is 5.92. The lowest BCUT2D eigenvalue weighted by Crippen LogP contribution is -2.35. The Bertz CT molecular complexity index is 462. The molecule has 0 bridgehead atoms. The van der Waals surface area contributed by atoms with E-state index in [0.717, 1.165) is 4.68 Å². The standard InChI is InChI=1S/C12H20N4O5/c1-20-6-3-4-15(5-7-21-2)12(19)10-8-16(14-13-10)9-11(17)18/h8H,3-7,9H2,1-2H3,(H,17,18). The number of methoxy groups -OCH3 is 2. The van der Waals surface area contributed by atoms with Crippen LogP contribution in [-0.2, 0) is 20.8 Å². The SMILES string of the molecule is COCCCN(CCOC)C(=O)c1cn(CC(=O)O)nn1. The average Bonchev–Trinajstić information content (AvgIpc) is 2.89. The summed E-state index contributed by atoms with van der Waals surface area (Å²) < 4.78 is 11.1. The van der Waals surface area contributed by atoms with Gasteiger partial charge in [-0.15, -0.1) is 5.10 Å². The van der Waals surface area contributed by atoms with Crippen LogP contribution in [0.3, 0.4) is 0 Å². The van der Waals surface area contributed by atoms with Gasteiger partial charge in [-0.3, -0.25) is 9.59 Å². The maximum Gasteiger partial charge on any atom is 0.325 e. The van der Waals surface area contributed by atoms with E-state index in [-0.39, 0.29) is 18.1 Å². The molecule has 0 unspecified atom stereocenters. The summed E-state index contributed by atoms with van der Waals surface area (Å²) in [5.74, 6) is -1.35. The van der Waals surface area contributed by atoms with Crippen molar-refractivity contribution in [2.24, 2.45) is 0 Å². The number of rotatable bonds is 10. The molecule has 0 radical (unpaired) electrons. The largest absolute Gasteiger partial charge is 0.480 e. The van der Waals surface area contributed by atoms with E-state index in [4.69, 9.17) is 14.6 Å². The van der Waals surface area contributed by atoms with Crippen molar-refractivity contribution >= 4 is 11.9 Å². The molecule has 0 atom stereocenters. The zero-order valence-corrected chi connectivity index (χ0v) is 12.2. The summed E-state index contributed by atoms with van der Waals surface area (Å²) in [6.07, 6.45) is 2.02. The monoisotopic (exact) mass is 300 g/mol. The molecule has 0 spiro atoms. The molecule has 9 heteroatoms. The van der Waals surface area contributed by atoms with Crippen molar-refractivity contribution in [3.8, 4) is 0 Å². The van der Waals surface area contributed by atoms with Gasteiger partial charge < -0.3 is 19.5 Å². The first kappa shape index (κ1) is 17.1. The topological polar surface area (TPSA) is 107 Å². The Hall–Kier alpha value is -2.00. The van der Waals surface area contributed by atoms with Crippen molar-refractivity contribution in [1.29, 1.82) is 0 Å². The van der Waals surface area contributed by atoms with Gasteiger partial charge in [0.25, 0.3) is 5.91 Å². The molecule has 1 rings (SSSR count). The Balaban J connectivity index is 2.68. The molecule has 0 saturated heterocycles. The molecule has 0 saturated carbocycles. The van der Waals surface area contributed by atoms with Crippen LogP contribution in [0, 0.1) is 0 Å². The van der Waals surface area contributed by atoms with Crippen molar-refractivity contribution < 1.29 is 24.2 Å². The van der Waals surface area contributed by atoms with E-state index in [1.807, 2.05) is 0 Å². The van der Waals surface area contributed by atoms with Crippen LogP contribution in [0.25, 0.3) is 0 Å². The second-order valence-electron chi connectivity index (χ2n) is 4.33. The van der Waals surface area contributed by atoms with Gasteiger partial charge in [-0.25, -0.2) is 4.68 Å². The van der Waals surface area contributed by atoms with E-state index >= 15 is 0 Å². The Morgan fingerprint density at radius 3 is 2.62 bits per heavy atom. The van der Waals surface area contributed by atoms with Crippen LogP contribution in [-0.4, -0.2) is 77.4 Å². The molecule has 1 aromatic rings. The summed E-state index contributed by atoms with van der Waals surface area (Å²) in [6, 6.07) is 0. The molecule has 0 aromatic carbocycles. The Labute approximate surface area is 122 Å². The summed E-state index contributed by atoms with van der Waals surface area (Å²) in [7, 11) is 3.15. The van der Waals surface area contributed by atoms with Crippen molar-refractivity contribution in [1.82, 2.24) is 19.9 Å². The smallest absolute Gasteiger partial charge is 0.325 e. The van der Waals surface area contributed by atoms with Crippen LogP contribution in [0.1, 0.15) is 16.9 Å². The third kappa shape index (κ3) is 5.88. The molecule has 0 fully saturated rings. The van der Waals surface area contributed by atoms with Gasteiger partial charge in [-0.1, -0.05) is 5.21 Å². The Morgan fingerprint density at radius 2 is 2.00 bits per heavy atom. The molecule has 1 amide bonds. The predicted molar refractivity (Wildman–Crippen MR) is 71.9 cm³/mol. The van der Waals surface area contributed by atoms with Crippen molar-refractivity contribution in [3.63, 3.8) is 0 Å². The number of carboxylic acids is 1. The van der Waals surface area contributed by atoms with E-state index in [0.29, 0.717) is 32.7 Å². The van der Waals surface area contributed by atoms with Crippen molar-refractivity contribution in [2.75, 3.05) is 40.5 Å². The van der Waals surface area contributed by atoms with Crippen LogP contribution in [0.2, 0.25) is 0 Å². The third-order valence-electron chi connectivity index (χ3n) is 2.68. The first-order valence-corrected chi connectivity index (χ1v) is 6.47. The first-order valence-electron chi connectivity index (χ1n) is 6.47. The minimum atomic E-state index is -1.05. The molecule has 9 nitrogen and oxygen atoms in total. The van der Waals surface area contributed by atoms with Crippen LogP contribution >= 0.6 is 0 Å². The molecule has 118 valence electrons. The number of amides is 1. The average molecular weight is 300 g/mol. The van der Waals surface area contributed by atoms with Gasteiger partial charge in [-0.05, 0) is 6.42 Å². The molecule has 1 N–H and O–H groups in total. The molecule has 1 aromatic heterocycles. The maximum absolute atomic E-state index is 12.3. The van der Waals surface area contributed by atoms with Gasteiger partial charge in [0.15, 0.2) is 5.69 Å². The molecule has 1 heterocycles. The fourth-order valence-electron chi connectivity index (χ4n) is 1.69. The number of aromatic nitrogens is 3. The minimum absolute atomic E-state index is 0.116. The van der Waals surface area contributed by atoms with E-state index in [9.17, 15) is 9.59 Å². The van der Waals surface area contributed by atoms with Crippen molar-refractivity contribution in [3.05, 3.63) is 11.9 Å². The molecule has 0 aliphatic heterocycles. The van der Waals surface area contributed by atoms with E-state index in [1.54, 1.807) is 19.1 Å². The van der Waals surface area contributed by atoms with Gasteiger partial charge >= 0.3 is 5.97 Å². The maximum atomic E-state index is 12.3. The number of nitrogens with zero attached hydrogens (tertiary/aromatic N) is 4. The molecule has 0 aliphatic rings. The van der Waals surface area contributed by atoms with Gasteiger partial charge in [0.05, 0.1) is 12.8 Å². The summed E-state index contributed by atoms with van der Waals surface area (Å²) in [4.78, 5) is 24.5. The predicted octanol–water partition coefficient (Wildman–Crippen LogP) is -0.512. The zero-order valence-electron chi connectivity index (χ0n) is 12.2. The van der Waals surface area contributed by atoms with Crippen LogP contribution in [0.15, 0.2) is 6.20 Å². The lowest BCUT2D eigenvalue weighted by molar-refractivity contribution is -0.137. The van der Waals surface area contributed by atoms with E-state index in [2.05, 4.69) is 10.3 Å². The molecular weight excluding hydrogens is 280 g/mol. The summed E-state index contributed by atoms with van der Waals surface area (Å²) >= 11 is 0. The normalized spacial score (nSPS) is 10.6. The Kier molecular flexibility index (Phi) is 7.33. The van der Waals surface area contributed by atoms with E-state index in [1.165, 1.54) is 6.20 Å². The zero-order chi connectivity index (χ0) is 15.7. The second-order valence-corrected chi connectivity index (χ2v) is 4.33. The fourth-order valence-corrected chi connectivity index (χ4v) is 1.69. The van der Waals surface area contributed by atoms with E-state index < -0.39 is 5.97 Å². The van der Waals surface area contributed by atoms with Gasteiger partial charge in [0, 0.05) is 33.9 Å². The third-order valence-corrected chi connectivity index (χ3v) is 2.68. The lowest BCUT2D eigenvalue weighted by atomic mass is 10.3. The van der Waals surface area contributed by atoms with Crippen LogP contribution < -0.4 is 0 Å². The number of aliphatic carboxylic acids is 1. The summed E-state index contributed by atoms with van der Waals surface area (Å²) in [5, 5.41) is 16.0. The Morgan fingerprint density at radius 1 is 1.29 bits per heavy atom. The van der Waals surface area contributed by atoms with Gasteiger partial charge in [-0.2, -0.15) is 0 Å². The van der Waals surface area contributed by atoms with Crippen LogP contribution in [0.5, 0.6) is 0 Å². The van der Waals surface area contributed by atoms with Gasteiger partial charge in [0.2, 0.25) is 0 Å². The second kappa shape index (κ2) is 9.03. The lowest BCUT2D eigenvalue weighted by Gasteiger charge is -2.21. The number of hydrogen-bond donors (Lipinski definition) is 1. The summed E-state index contributed by atoms with van der Waals surface area (Å²) in [5.41, 5.74) is 0.116. The number of hydrogen-bond acceptors (Lipinski definition) is 6. The number of carbonyl (C=O) groups excluding carboxylic acids is 1. The molecular formula is C12H20N4O5. The fraction of sp³-hybridized carbons (Fsp3) is 0.667. The molecule has 0 aliphatic carbocycles. The number of carbonyl (C=O) groups is 2. The molecule has 21 heavy (non-hydrogen) atoms. The highest BCUT2D eigenvalue weighted by Crippen LogP contribution is 2.03. The summed E-state index contributed by atoms with van der Waals surface area (Å²) in [6.45, 7) is 1.54. The quantitative estimate of drug-likeness (QED) is 0.580. The van der Waals surface area contributed by atoms with Crippen LogP contribution in [0.4, 0.5) is 0 Å². The number of carboxylic acid groups (broad SMARTS) is 1. The highest BCUT2D eigenvalue weighted by Gasteiger charge is 2.19. The minimum Gasteiger partial charge on any atom is -0.480 e. The van der Waals surface area contributed by atoms with Gasteiger partial charge in [0.1, 0.15) is 6.54 Å². The number of ether oxygens (including phenoxy) is 2.